The van der Waals surface area contributed by atoms with E-state index < -0.39 is 11.9 Å². The summed E-state index contributed by atoms with van der Waals surface area (Å²) >= 11 is 0. The Hall–Kier alpha value is -4.51. The van der Waals surface area contributed by atoms with E-state index in [2.05, 4.69) is 4.99 Å². The molecular formula is C28H28N4O7. The standard InChI is InChI=1S/C28H28N4O7/c1-4-38-28(35)22-15-21-24(29-23-9-5-6-10-31(23)27(21)34)32(16-18-8-7-11-39-18)25(22)30-26(33)17-12-19(36-2)14-20(13-17)37-3/h5-6,9-10,12-15,18H,4,7-8,11,16H2,1-3H3. The van der Waals surface area contributed by atoms with Crippen LogP contribution in [0.5, 0.6) is 11.5 Å². The Morgan fingerprint density at radius 3 is 2.56 bits per heavy atom. The lowest BCUT2D eigenvalue weighted by Gasteiger charge is -2.18. The molecule has 4 aromatic rings. The van der Waals surface area contributed by atoms with Crippen LogP contribution in [-0.4, -0.2) is 59.4 Å². The fraction of sp³-hybridized carbons (Fsp3) is 0.321. The first-order valence-electron chi connectivity index (χ1n) is 12.6. The molecule has 0 aliphatic carbocycles. The summed E-state index contributed by atoms with van der Waals surface area (Å²) < 4.78 is 24.8. The van der Waals surface area contributed by atoms with Crippen LogP contribution < -0.4 is 20.5 Å². The zero-order valence-corrected chi connectivity index (χ0v) is 21.9. The lowest BCUT2D eigenvalue weighted by molar-refractivity contribution is 0.0521. The fourth-order valence-corrected chi connectivity index (χ4v) is 4.61. The monoisotopic (exact) mass is 532 g/mol. The van der Waals surface area contributed by atoms with E-state index in [-0.39, 0.29) is 52.5 Å². The van der Waals surface area contributed by atoms with Crippen molar-refractivity contribution in [2.24, 2.45) is 4.99 Å². The molecule has 1 saturated heterocycles. The Kier molecular flexibility index (Phi) is 7.42. The summed E-state index contributed by atoms with van der Waals surface area (Å²) in [5.41, 5.74) is 0.518. The van der Waals surface area contributed by atoms with Gasteiger partial charge in [-0.1, -0.05) is 6.07 Å². The van der Waals surface area contributed by atoms with Crippen molar-refractivity contribution in [2.45, 2.75) is 32.4 Å². The van der Waals surface area contributed by atoms with Gasteiger partial charge in [0.25, 0.3) is 11.5 Å². The normalized spacial score (nSPS) is 15.6. The van der Waals surface area contributed by atoms with Crippen molar-refractivity contribution in [3.05, 3.63) is 75.6 Å². The number of nitrogens with zero attached hydrogens (tertiary/aromatic N) is 4. The molecule has 1 aliphatic rings. The molecule has 0 spiro atoms. The number of benzene rings is 1. The third-order valence-corrected chi connectivity index (χ3v) is 6.50. The molecule has 1 aromatic carbocycles. The van der Waals surface area contributed by atoms with Crippen LogP contribution in [0.15, 0.2) is 58.4 Å². The van der Waals surface area contributed by atoms with Gasteiger partial charge in [0.2, 0.25) is 0 Å². The van der Waals surface area contributed by atoms with Gasteiger partial charge in [-0.05, 0) is 50.1 Å². The Morgan fingerprint density at radius 2 is 1.90 bits per heavy atom. The van der Waals surface area contributed by atoms with Crippen LogP contribution in [0.25, 0.3) is 16.7 Å². The maximum Gasteiger partial charge on any atom is 0.341 e. The van der Waals surface area contributed by atoms with Crippen LogP contribution in [0.1, 0.15) is 40.5 Å². The average Bonchev–Trinajstić information content (AvgIpc) is 3.47. The van der Waals surface area contributed by atoms with Gasteiger partial charge in [0.15, 0.2) is 5.49 Å². The Labute approximate surface area is 223 Å². The SMILES string of the molecule is CCOC(=O)c1cc2c(=O)n3ccccc3nc2n(CC2CCCO2)c1=NC(=O)c1cc(OC)cc(OC)c1. The van der Waals surface area contributed by atoms with Gasteiger partial charge < -0.3 is 23.5 Å². The molecule has 1 unspecified atom stereocenters. The lowest BCUT2D eigenvalue weighted by Crippen LogP contribution is -2.35. The molecule has 0 radical (unpaired) electrons. The summed E-state index contributed by atoms with van der Waals surface area (Å²) in [6, 6.07) is 11.3. The number of hydrogen-bond donors (Lipinski definition) is 0. The van der Waals surface area contributed by atoms with Gasteiger partial charge >= 0.3 is 5.97 Å². The Morgan fingerprint density at radius 1 is 1.13 bits per heavy atom. The molecule has 1 aliphatic heterocycles. The third-order valence-electron chi connectivity index (χ3n) is 6.50. The van der Waals surface area contributed by atoms with Crippen LogP contribution in [-0.2, 0) is 16.0 Å². The molecule has 1 atom stereocenters. The van der Waals surface area contributed by atoms with E-state index in [0.29, 0.717) is 23.8 Å². The van der Waals surface area contributed by atoms with E-state index >= 15 is 0 Å². The summed E-state index contributed by atoms with van der Waals surface area (Å²) in [6.45, 7) is 2.59. The number of aromatic nitrogens is 3. The molecule has 202 valence electrons. The van der Waals surface area contributed by atoms with Crippen molar-refractivity contribution in [2.75, 3.05) is 27.4 Å². The number of carbonyl (C=O) groups is 2. The van der Waals surface area contributed by atoms with Gasteiger partial charge in [-0.25, -0.2) is 9.78 Å². The molecule has 0 N–H and O–H groups in total. The summed E-state index contributed by atoms with van der Waals surface area (Å²) in [5.74, 6) is -0.542. The summed E-state index contributed by atoms with van der Waals surface area (Å²) in [6.07, 6.45) is 3.03. The molecule has 3 aromatic heterocycles. The van der Waals surface area contributed by atoms with Crippen LogP contribution >= 0.6 is 0 Å². The van der Waals surface area contributed by atoms with Gasteiger partial charge in [-0.2, -0.15) is 4.99 Å². The second-order valence-corrected chi connectivity index (χ2v) is 8.95. The minimum absolute atomic E-state index is 0.0235. The summed E-state index contributed by atoms with van der Waals surface area (Å²) in [5, 5.41) is 0.189. The van der Waals surface area contributed by atoms with E-state index in [0.717, 1.165) is 12.8 Å². The van der Waals surface area contributed by atoms with Gasteiger partial charge in [0, 0.05) is 24.4 Å². The minimum atomic E-state index is -0.715. The van der Waals surface area contributed by atoms with E-state index in [1.807, 2.05) is 0 Å². The van der Waals surface area contributed by atoms with Crippen molar-refractivity contribution in [1.82, 2.24) is 14.0 Å². The highest BCUT2D eigenvalue weighted by Crippen LogP contribution is 2.23. The number of hydrogen-bond acceptors (Lipinski definition) is 8. The van der Waals surface area contributed by atoms with Crippen LogP contribution in [0, 0.1) is 0 Å². The number of amides is 1. The number of fused-ring (bicyclic) bond motifs is 2. The smallest absolute Gasteiger partial charge is 0.341 e. The molecule has 4 heterocycles. The maximum atomic E-state index is 13.5. The molecule has 5 rings (SSSR count). The van der Waals surface area contributed by atoms with Gasteiger partial charge in [-0.15, -0.1) is 0 Å². The third kappa shape index (κ3) is 5.13. The molecule has 1 amide bonds. The van der Waals surface area contributed by atoms with Crippen LogP contribution in [0.2, 0.25) is 0 Å². The first-order valence-corrected chi connectivity index (χ1v) is 12.6. The number of ether oxygens (including phenoxy) is 4. The quantitative estimate of drug-likeness (QED) is 0.263. The fourth-order valence-electron chi connectivity index (χ4n) is 4.61. The van der Waals surface area contributed by atoms with Gasteiger partial charge in [0.1, 0.15) is 28.4 Å². The average molecular weight is 533 g/mol. The van der Waals surface area contributed by atoms with Crippen molar-refractivity contribution < 1.29 is 28.5 Å². The molecule has 11 heteroatoms. The van der Waals surface area contributed by atoms with E-state index in [9.17, 15) is 14.4 Å². The summed E-state index contributed by atoms with van der Waals surface area (Å²) in [4.78, 5) is 49.3. The zero-order valence-electron chi connectivity index (χ0n) is 21.9. The predicted molar refractivity (Wildman–Crippen MR) is 141 cm³/mol. The number of pyridine rings is 2. The second-order valence-electron chi connectivity index (χ2n) is 8.95. The molecular weight excluding hydrogens is 504 g/mol. The van der Waals surface area contributed by atoms with Gasteiger partial charge in [-0.3, -0.25) is 14.0 Å². The highest BCUT2D eigenvalue weighted by molar-refractivity contribution is 5.97. The number of methoxy groups -OCH3 is 2. The molecule has 1 fully saturated rings. The number of carbonyl (C=O) groups excluding carboxylic acids is 2. The zero-order chi connectivity index (χ0) is 27.5. The van der Waals surface area contributed by atoms with E-state index in [1.54, 1.807) is 42.0 Å². The van der Waals surface area contributed by atoms with Crippen molar-refractivity contribution in [1.29, 1.82) is 0 Å². The van der Waals surface area contributed by atoms with Crippen LogP contribution in [0.3, 0.4) is 0 Å². The molecule has 0 saturated carbocycles. The largest absolute Gasteiger partial charge is 0.497 e. The van der Waals surface area contributed by atoms with Crippen LogP contribution in [0.4, 0.5) is 0 Å². The van der Waals surface area contributed by atoms with Gasteiger partial charge in [0.05, 0.1) is 38.9 Å². The maximum absolute atomic E-state index is 13.5. The topological polar surface area (TPSA) is 123 Å². The van der Waals surface area contributed by atoms with Crippen molar-refractivity contribution >= 4 is 28.6 Å². The first kappa shape index (κ1) is 26.1. The van der Waals surface area contributed by atoms with Crippen molar-refractivity contribution in [3.8, 4) is 11.5 Å². The lowest BCUT2D eigenvalue weighted by atomic mass is 10.1. The van der Waals surface area contributed by atoms with Crippen molar-refractivity contribution in [3.63, 3.8) is 0 Å². The summed E-state index contributed by atoms with van der Waals surface area (Å²) in [7, 11) is 2.96. The molecule has 11 nitrogen and oxygen atoms in total. The van der Waals surface area contributed by atoms with E-state index in [4.69, 9.17) is 23.9 Å². The number of rotatable bonds is 7. The highest BCUT2D eigenvalue weighted by Gasteiger charge is 2.24. The Balaban J connectivity index is 1.84. The molecule has 39 heavy (non-hydrogen) atoms. The first-order chi connectivity index (χ1) is 18.9. The second kappa shape index (κ2) is 11.1. The van der Waals surface area contributed by atoms with E-state index in [1.165, 1.54) is 36.8 Å². The Bertz CT molecular complexity index is 1680. The highest BCUT2D eigenvalue weighted by atomic mass is 16.5. The minimum Gasteiger partial charge on any atom is -0.497 e. The molecule has 0 bridgehead atoms. The number of esters is 1. The predicted octanol–water partition coefficient (Wildman–Crippen LogP) is 2.76.